The number of para-hydroxylation sites is 1. The third kappa shape index (κ3) is 6.14. The number of phenols is 1. The highest BCUT2D eigenvalue weighted by atomic mass is 35.5. The van der Waals surface area contributed by atoms with Crippen LogP contribution in [0, 0.1) is 29.5 Å². The summed E-state index contributed by atoms with van der Waals surface area (Å²) in [5.41, 5.74) is 5.30. The van der Waals surface area contributed by atoms with Gasteiger partial charge in [0.15, 0.2) is 0 Å². The first-order chi connectivity index (χ1) is 29.0. The van der Waals surface area contributed by atoms with Crippen molar-refractivity contribution in [2.24, 2.45) is 23.7 Å². The minimum Gasteiger partial charge on any atom is -0.508 e. The van der Waals surface area contributed by atoms with Crippen LogP contribution in [0.15, 0.2) is 127 Å². The molecule has 5 aromatic carbocycles. The lowest BCUT2D eigenvalue weighted by atomic mass is 9.49. The number of nitrogens with one attached hydrogen (secondary N) is 1. The van der Waals surface area contributed by atoms with E-state index >= 15 is 4.79 Å². The van der Waals surface area contributed by atoms with Crippen LogP contribution in [0.2, 0.25) is 5.02 Å². The van der Waals surface area contributed by atoms with Crippen molar-refractivity contribution >= 4 is 58.8 Å². The Labute approximate surface area is 350 Å². The minimum absolute atomic E-state index is 0.0657. The van der Waals surface area contributed by atoms with Crippen LogP contribution in [0.5, 0.6) is 17.2 Å². The zero-order valence-electron chi connectivity index (χ0n) is 32.5. The van der Waals surface area contributed by atoms with Gasteiger partial charge in [0, 0.05) is 22.1 Å². The van der Waals surface area contributed by atoms with Crippen LogP contribution < -0.4 is 19.8 Å². The summed E-state index contributed by atoms with van der Waals surface area (Å²) in [6, 6.07) is 31.4. The average molecular weight is 824 g/mol. The van der Waals surface area contributed by atoms with Crippen molar-refractivity contribution in [2.45, 2.75) is 24.2 Å². The molecule has 3 fully saturated rings. The van der Waals surface area contributed by atoms with Crippen molar-refractivity contribution < 1.29 is 38.1 Å². The molecule has 60 heavy (non-hydrogen) atoms. The first-order valence-electron chi connectivity index (χ1n) is 19.6. The number of allylic oxidation sites excluding steroid dienone is 2. The van der Waals surface area contributed by atoms with Gasteiger partial charge in [-0.25, -0.2) is 4.39 Å². The predicted octanol–water partition coefficient (Wildman–Crippen LogP) is 8.56. The molecule has 10 nitrogen and oxygen atoms in total. The molecular weight excluding hydrogens is 785 g/mol. The summed E-state index contributed by atoms with van der Waals surface area (Å²) in [5, 5.41) is 12.9. The largest absolute Gasteiger partial charge is 0.508 e. The number of carbonyl (C=O) groups excluding carboxylic acids is 4. The number of anilines is 2. The number of hydrogen-bond donors (Lipinski definition) is 2. The first-order valence-corrected chi connectivity index (χ1v) is 20.0. The summed E-state index contributed by atoms with van der Waals surface area (Å²) in [6.07, 6.45) is 6.00. The number of fused-ring (bicyclic) bond motifs is 4. The summed E-state index contributed by atoms with van der Waals surface area (Å²) in [6.45, 7) is 0. The number of halogens is 2. The van der Waals surface area contributed by atoms with E-state index in [2.05, 4.69) is 5.43 Å². The molecule has 302 valence electrons. The Kier molecular flexibility index (Phi) is 9.79. The van der Waals surface area contributed by atoms with Gasteiger partial charge < -0.3 is 14.6 Å². The van der Waals surface area contributed by atoms with Crippen molar-refractivity contribution in [1.82, 2.24) is 5.01 Å². The zero-order chi connectivity index (χ0) is 41.9. The van der Waals surface area contributed by atoms with E-state index in [1.165, 1.54) is 35.2 Å². The predicted molar refractivity (Wildman–Crippen MR) is 225 cm³/mol. The third-order valence-corrected chi connectivity index (χ3v) is 12.8. The SMILES string of the molecule is COc1ccc(OC)c(C=Cc2ccc(N3C(=O)C4CC=C5C(CC6C(=O)N(Nc7ccc(F)cc7)C(=O)C6(c6ccc(Cl)cc6)C5c5ccccc5O)C4C3=O)cc2)c1. The summed E-state index contributed by atoms with van der Waals surface area (Å²) in [4.78, 5) is 60.5. The quantitative estimate of drug-likeness (QED) is 0.0861. The van der Waals surface area contributed by atoms with E-state index in [9.17, 15) is 23.9 Å². The zero-order valence-corrected chi connectivity index (χ0v) is 33.3. The number of methoxy groups -OCH3 is 2. The summed E-state index contributed by atoms with van der Waals surface area (Å²) >= 11 is 6.38. The van der Waals surface area contributed by atoms with Crippen LogP contribution in [0.3, 0.4) is 0 Å². The second kappa shape index (κ2) is 15.1. The second-order valence-electron chi connectivity index (χ2n) is 15.5. The Morgan fingerprint density at radius 3 is 2.25 bits per heavy atom. The van der Waals surface area contributed by atoms with Gasteiger partial charge in [-0.2, -0.15) is 5.01 Å². The number of hydrogen-bond acceptors (Lipinski definition) is 8. The van der Waals surface area contributed by atoms with Gasteiger partial charge in [-0.05, 0) is 103 Å². The van der Waals surface area contributed by atoms with Gasteiger partial charge >= 0.3 is 0 Å². The van der Waals surface area contributed by atoms with Gasteiger partial charge in [-0.3, -0.25) is 29.5 Å². The molecule has 2 aliphatic heterocycles. The molecule has 6 atom stereocenters. The lowest BCUT2D eigenvalue weighted by Crippen LogP contribution is -2.53. The van der Waals surface area contributed by atoms with Gasteiger partial charge in [0.05, 0.1) is 48.8 Å². The number of nitrogens with zero attached hydrogens (tertiary/aromatic N) is 2. The van der Waals surface area contributed by atoms with E-state index in [4.69, 9.17) is 21.1 Å². The van der Waals surface area contributed by atoms with E-state index in [1.54, 1.807) is 68.8 Å². The molecule has 0 aromatic heterocycles. The molecule has 4 amide bonds. The molecule has 9 rings (SSSR count). The monoisotopic (exact) mass is 823 g/mol. The van der Waals surface area contributed by atoms with E-state index in [0.717, 1.165) is 16.1 Å². The molecule has 6 unspecified atom stereocenters. The second-order valence-corrected chi connectivity index (χ2v) is 15.9. The summed E-state index contributed by atoms with van der Waals surface area (Å²) in [7, 11) is 3.19. The van der Waals surface area contributed by atoms with Crippen molar-refractivity contribution in [3.05, 3.63) is 160 Å². The molecule has 0 radical (unpaired) electrons. The molecule has 0 bridgehead atoms. The smallest absolute Gasteiger partial charge is 0.260 e. The number of carbonyl (C=O) groups is 4. The van der Waals surface area contributed by atoms with E-state index < -0.39 is 58.5 Å². The highest BCUT2D eigenvalue weighted by Gasteiger charge is 2.70. The maximum absolute atomic E-state index is 15.3. The summed E-state index contributed by atoms with van der Waals surface area (Å²) in [5.74, 6) is -5.23. The molecule has 2 saturated heterocycles. The van der Waals surface area contributed by atoms with Crippen LogP contribution in [0.1, 0.15) is 41.0 Å². The number of hydrazine groups is 1. The molecular formula is C48H39ClFN3O7. The lowest BCUT2D eigenvalue weighted by Gasteiger charge is -2.50. The van der Waals surface area contributed by atoms with Crippen LogP contribution >= 0.6 is 11.6 Å². The lowest BCUT2D eigenvalue weighted by molar-refractivity contribution is -0.138. The van der Waals surface area contributed by atoms with Crippen LogP contribution in [-0.4, -0.2) is 48.0 Å². The Hall–Kier alpha value is -6.72. The number of ether oxygens (including phenoxy) is 2. The van der Waals surface area contributed by atoms with Gasteiger partial charge in [-0.1, -0.05) is 77.9 Å². The average Bonchev–Trinajstić information content (AvgIpc) is 3.64. The van der Waals surface area contributed by atoms with Crippen molar-refractivity contribution in [2.75, 3.05) is 24.5 Å². The van der Waals surface area contributed by atoms with Crippen LogP contribution in [-0.2, 0) is 24.6 Å². The van der Waals surface area contributed by atoms with Crippen LogP contribution in [0.25, 0.3) is 12.2 Å². The fraction of sp³-hybridized carbons (Fsp3) is 0.208. The fourth-order valence-corrected chi connectivity index (χ4v) is 10.0. The van der Waals surface area contributed by atoms with Gasteiger partial charge in [0.25, 0.3) is 11.8 Å². The highest BCUT2D eigenvalue weighted by molar-refractivity contribution is 6.30. The van der Waals surface area contributed by atoms with Crippen molar-refractivity contribution in [3.8, 4) is 17.2 Å². The molecule has 2 N–H and O–H groups in total. The van der Waals surface area contributed by atoms with Gasteiger partial charge in [-0.15, -0.1) is 0 Å². The number of amides is 4. The van der Waals surface area contributed by atoms with E-state index in [0.29, 0.717) is 44.6 Å². The fourth-order valence-electron chi connectivity index (χ4n) is 9.88. The third-order valence-electron chi connectivity index (χ3n) is 12.5. The summed E-state index contributed by atoms with van der Waals surface area (Å²) < 4.78 is 24.8. The molecule has 5 aromatic rings. The van der Waals surface area contributed by atoms with Crippen molar-refractivity contribution in [3.63, 3.8) is 0 Å². The Morgan fingerprint density at radius 1 is 0.817 bits per heavy atom. The van der Waals surface area contributed by atoms with Gasteiger partial charge in [0.1, 0.15) is 23.1 Å². The topological polar surface area (TPSA) is 125 Å². The molecule has 1 saturated carbocycles. The molecule has 12 heteroatoms. The highest BCUT2D eigenvalue weighted by Crippen LogP contribution is 2.65. The Bertz CT molecular complexity index is 2610. The Balaban J connectivity index is 1.10. The van der Waals surface area contributed by atoms with Crippen LogP contribution in [0.4, 0.5) is 15.8 Å². The maximum Gasteiger partial charge on any atom is 0.260 e. The minimum atomic E-state index is -1.60. The molecule has 2 aliphatic carbocycles. The number of phenolic OH excluding ortho intramolecular Hbond substituents is 1. The molecule has 0 spiro atoms. The van der Waals surface area contributed by atoms with Gasteiger partial charge in [0.2, 0.25) is 11.8 Å². The van der Waals surface area contributed by atoms with E-state index in [-0.39, 0.29) is 24.5 Å². The standard InChI is InChI=1S/C48H39ClFN3O7/c1-59-34-21-24-41(60-2)28(25-34)10-7-27-8-19-33(20-9-27)52-44(55)37-23-22-35-38(42(37)46(52)57)26-39-45(56)53(51-32-17-15-31(50)16-18-32)47(58)48(39,29-11-13-30(49)14-12-29)43(35)36-5-3-4-6-40(36)54/h3-22,24-25,37-39,42-43,51,54H,23,26H2,1-2H3. The number of rotatable bonds is 9. The number of imide groups is 2. The molecule has 4 aliphatic rings. The first kappa shape index (κ1) is 38.8. The van der Waals surface area contributed by atoms with E-state index in [1.807, 2.05) is 48.6 Å². The number of aromatic hydroxyl groups is 1. The Morgan fingerprint density at radius 2 is 1.55 bits per heavy atom. The van der Waals surface area contributed by atoms with Crippen molar-refractivity contribution in [1.29, 1.82) is 0 Å². The maximum atomic E-state index is 15.3. The number of benzene rings is 5. The molecule has 2 heterocycles. The normalized spacial score (nSPS) is 24.6.